The molecule has 0 amide bonds. The van der Waals surface area contributed by atoms with Crippen molar-refractivity contribution >= 4 is 103 Å². The second kappa shape index (κ2) is 7.33. The number of halogens is 1. The number of aromatic nitrogens is 1. The van der Waals surface area contributed by atoms with E-state index in [9.17, 15) is 0 Å². The lowest BCUT2D eigenvalue weighted by Gasteiger charge is -2.04. The lowest BCUT2D eigenvalue weighted by molar-refractivity contribution is 0.669. The van der Waals surface area contributed by atoms with Crippen LogP contribution in [0.3, 0.4) is 0 Å². The van der Waals surface area contributed by atoms with Crippen molar-refractivity contribution in [1.82, 2.24) is 4.40 Å². The zero-order valence-electron chi connectivity index (χ0n) is 21.0. The monoisotopic (exact) mass is 547 g/mol. The molecule has 0 aliphatic heterocycles. The molecule has 40 heavy (non-hydrogen) atoms. The number of hydrogen-bond donors (Lipinski definition) is 0. The Morgan fingerprint density at radius 1 is 0.525 bits per heavy atom. The van der Waals surface area contributed by atoms with E-state index in [-0.39, 0.29) is 0 Å². The predicted octanol–water partition coefficient (Wildman–Crippen LogP) is 11.4. The molecule has 0 spiro atoms. The molecule has 0 saturated heterocycles. The Morgan fingerprint density at radius 3 is 2.12 bits per heavy atom. The van der Waals surface area contributed by atoms with Gasteiger partial charge in [0.15, 0.2) is 0 Å². The van der Waals surface area contributed by atoms with Crippen LogP contribution < -0.4 is 0 Å². The van der Waals surface area contributed by atoms with Crippen molar-refractivity contribution in [3.05, 3.63) is 114 Å². The van der Waals surface area contributed by atoms with Crippen LogP contribution in [0.25, 0.3) is 91.3 Å². The highest BCUT2D eigenvalue weighted by molar-refractivity contribution is 7.26. The van der Waals surface area contributed by atoms with E-state index < -0.39 is 0 Å². The van der Waals surface area contributed by atoms with Crippen molar-refractivity contribution in [2.75, 3.05) is 0 Å². The minimum Gasteiger partial charge on any atom is -0.456 e. The summed E-state index contributed by atoms with van der Waals surface area (Å²) in [7, 11) is 0. The lowest BCUT2D eigenvalue weighted by Crippen LogP contribution is -1.85. The van der Waals surface area contributed by atoms with Crippen LogP contribution >= 0.6 is 22.9 Å². The van der Waals surface area contributed by atoms with Gasteiger partial charge in [-0.25, -0.2) is 0 Å². The molecule has 0 aliphatic carbocycles. The van der Waals surface area contributed by atoms with Crippen molar-refractivity contribution in [2.45, 2.75) is 0 Å². The third kappa shape index (κ3) is 2.59. The van der Waals surface area contributed by atoms with Crippen LogP contribution in [0.4, 0.5) is 0 Å². The first kappa shape index (κ1) is 21.3. The molecule has 0 unspecified atom stereocenters. The van der Waals surface area contributed by atoms with Crippen LogP contribution in [0.5, 0.6) is 0 Å². The van der Waals surface area contributed by atoms with Crippen LogP contribution in [0.1, 0.15) is 0 Å². The number of thiophene rings is 1. The van der Waals surface area contributed by atoms with Gasteiger partial charge in [0.25, 0.3) is 0 Å². The summed E-state index contributed by atoms with van der Waals surface area (Å²) in [6.07, 6.45) is 0. The Labute approximate surface area is 236 Å². The number of para-hydroxylation sites is 1. The first-order valence-electron chi connectivity index (χ1n) is 13.4. The highest BCUT2D eigenvalue weighted by atomic mass is 35.5. The fourth-order valence-corrected chi connectivity index (χ4v) is 8.28. The van der Waals surface area contributed by atoms with Gasteiger partial charge in [-0.3, -0.25) is 0 Å². The summed E-state index contributed by atoms with van der Waals surface area (Å²) in [4.78, 5) is 0. The molecule has 2 nitrogen and oxygen atoms in total. The maximum absolute atomic E-state index is 6.86. The van der Waals surface area contributed by atoms with E-state index in [1.54, 1.807) is 0 Å². The number of benzene rings is 6. The van der Waals surface area contributed by atoms with Gasteiger partial charge in [-0.2, -0.15) is 0 Å². The molecular formula is C36H18ClNOS. The molecule has 6 aromatic carbocycles. The maximum atomic E-state index is 6.86. The van der Waals surface area contributed by atoms with Crippen molar-refractivity contribution in [3.8, 4) is 11.1 Å². The van der Waals surface area contributed by atoms with Gasteiger partial charge >= 0.3 is 0 Å². The average molecular weight is 548 g/mol. The summed E-state index contributed by atoms with van der Waals surface area (Å²) in [5.74, 6) is 0. The highest BCUT2D eigenvalue weighted by Crippen LogP contribution is 2.46. The molecule has 10 aromatic rings. The number of furan rings is 1. The average Bonchev–Trinajstić information content (AvgIpc) is 3.62. The largest absolute Gasteiger partial charge is 0.456 e. The van der Waals surface area contributed by atoms with Gasteiger partial charge in [0.2, 0.25) is 0 Å². The predicted molar refractivity (Wildman–Crippen MR) is 172 cm³/mol. The molecule has 4 heteroatoms. The maximum Gasteiger partial charge on any atom is 0.135 e. The van der Waals surface area contributed by atoms with Gasteiger partial charge in [0, 0.05) is 52.1 Å². The zero-order chi connectivity index (χ0) is 26.1. The van der Waals surface area contributed by atoms with Crippen molar-refractivity contribution in [1.29, 1.82) is 0 Å². The topological polar surface area (TPSA) is 17.6 Å². The van der Waals surface area contributed by atoms with Gasteiger partial charge in [0.05, 0.1) is 16.6 Å². The van der Waals surface area contributed by atoms with Crippen molar-refractivity contribution < 1.29 is 4.42 Å². The molecule has 0 radical (unpaired) electrons. The molecule has 4 aromatic heterocycles. The van der Waals surface area contributed by atoms with Crippen LogP contribution in [0.2, 0.25) is 5.02 Å². The summed E-state index contributed by atoms with van der Waals surface area (Å²) in [6, 6.07) is 39.2. The molecular weight excluding hydrogens is 530 g/mol. The molecule has 0 bridgehead atoms. The van der Waals surface area contributed by atoms with Gasteiger partial charge in [-0.15, -0.1) is 11.3 Å². The van der Waals surface area contributed by atoms with Gasteiger partial charge in [0.1, 0.15) is 11.2 Å². The molecule has 0 saturated carbocycles. The van der Waals surface area contributed by atoms with E-state index in [1.807, 2.05) is 23.5 Å². The Kier molecular flexibility index (Phi) is 3.90. The Balaban J connectivity index is 1.37. The van der Waals surface area contributed by atoms with E-state index in [4.69, 9.17) is 16.0 Å². The Bertz CT molecular complexity index is 2670. The van der Waals surface area contributed by atoms with E-state index in [0.717, 1.165) is 27.0 Å². The lowest BCUT2D eigenvalue weighted by atomic mass is 9.99. The third-order valence-electron chi connectivity index (χ3n) is 8.57. The Hall–Kier alpha value is -4.57. The standard InChI is InChI=1S/C36H18ClNOS/c37-21-17-26-23-6-3-9-32-34(23)35-29(7-4-10-33(35)40-32)38-28-13-11-19(15-24(28)27(18-21)36(26)38)20-12-14-31-25(16-20)22-5-1-2-8-30(22)39-31/h1-18H. The van der Waals surface area contributed by atoms with Crippen molar-refractivity contribution in [2.24, 2.45) is 0 Å². The molecule has 186 valence electrons. The zero-order valence-corrected chi connectivity index (χ0v) is 22.6. The first-order chi connectivity index (χ1) is 19.7. The first-order valence-corrected chi connectivity index (χ1v) is 14.6. The quantitative estimate of drug-likeness (QED) is 0.200. The van der Waals surface area contributed by atoms with E-state index in [1.165, 1.54) is 69.4 Å². The SMILES string of the molecule is Clc1cc2c3cccc4sc5cccc(c5c43)n3c4ccc(-c5ccc6oc7ccccc7c6c5)cc4c(c1)c23. The van der Waals surface area contributed by atoms with Crippen molar-refractivity contribution in [3.63, 3.8) is 0 Å². The van der Waals surface area contributed by atoms with E-state index >= 15 is 0 Å². The summed E-state index contributed by atoms with van der Waals surface area (Å²) in [5, 5.41) is 10.5. The fourth-order valence-electron chi connectivity index (χ4n) is 6.91. The third-order valence-corrected chi connectivity index (χ3v) is 9.91. The molecule has 10 rings (SSSR count). The van der Waals surface area contributed by atoms with Crippen LogP contribution in [0.15, 0.2) is 114 Å². The van der Waals surface area contributed by atoms with E-state index in [2.05, 4.69) is 101 Å². The van der Waals surface area contributed by atoms with Gasteiger partial charge in [-0.1, -0.05) is 60.1 Å². The molecule has 0 atom stereocenters. The smallest absolute Gasteiger partial charge is 0.135 e. The minimum atomic E-state index is 0.757. The number of hydrogen-bond acceptors (Lipinski definition) is 2. The second-order valence-corrected chi connectivity index (χ2v) is 12.2. The molecule has 0 aliphatic rings. The van der Waals surface area contributed by atoms with Gasteiger partial charge < -0.3 is 8.82 Å². The van der Waals surface area contributed by atoms with Crippen LogP contribution in [-0.4, -0.2) is 4.40 Å². The summed E-state index contributed by atoms with van der Waals surface area (Å²) in [5.41, 5.74) is 7.82. The molecule has 0 fully saturated rings. The summed E-state index contributed by atoms with van der Waals surface area (Å²) >= 11 is 8.72. The summed E-state index contributed by atoms with van der Waals surface area (Å²) < 4.78 is 11.2. The van der Waals surface area contributed by atoms with Crippen LogP contribution in [-0.2, 0) is 0 Å². The normalized spacial score (nSPS) is 12.6. The minimum absolute atomic E-state index is 0.757. The fraction of sp³-hybridized carbons (Fsp3) is 0. The van der Waals surface area contributed by atoms with E-state index in [0.29, 0.717) is 0 Å². The number of rotatable bonds is 1. The van der Waals surface area contributed by atoms with Crippen LogP contribution in [0, 0.1) is 0 Å². The summed E-state index contributed by atoms with van der Waals surface area (Å²) in [6.45, 7) is 0. The van der Waals surface area contributed by atoms with Gasteiger partial charge in [-0.05, 0) is 77.2 Å². The number of nitrogens with zero attached hydrogens (tertiary/aromatic N) is 1. The number of fused-ring (bicyclic) bond motifs is 8. The molecule has 4 heterocycles. The molecule has 0 N–H and O–H groups in total. The highest BCUT2D eigenvalue weighted by Gasteiger charge is 2.20. The Morgan fingerprint density at radius 2 is 1.23 bits per heavy atom. The second-order valence-electron chi connectivity index (χ2n) is 10.7.